The van der Waals surface area contributed by atoms with Gasteiger partial charge in [0.1, 0.15) is 0 Å². The molecular formula is C18H20N8O2. The molecule has 0 fully saturated rings. The van der Waals surface area contributed by atoms with Crippen LogP contribution in [0.3, 0.4) is 0 Å². The van der Waals surface area contributed by atoms with E-state index in [0.29, 0.717) is 24.1 Å². The molecule has 0 amide bonds. The van der Waals surface area contributed by atoms with Crippen molar-refractivity contribution >= 4 is 11.8 Å². The van der Waals surface area contributed by atoms with Gasteiger partial charge < -0.3 is 0 Å². The number of nitrogens with zero attached hydrogens (tertiary/aromatic N) is 8. The van der Waals surface area contributed by atoms with Gasteiger partial charge in [0.15, 0.2) is 5.69 Å². The molecule has 0 saturated carbocycles. The average molecular weight is 380 g/mol. The van der Waals surface area contributed by atoms with Crippen LogP contribution in [0, 0.1) is 6.92 Å². The first kappa shape index (κ1) is 17.9. The molecule has 1 aromatic carbocycles. The number of rotatable bonds is 5. The van der Waals surface area contributed by atoms with Gasteiger partial charge in [-0.1, -0.05) is 28.1 Å². The molecular weight excluding hydrogens is 360 g/mol. The zero-order chi connectivity index (χ0) is 19.5. The largest absolute Gasteiger partial charge is 0.290 e. The van der Waals surface area contributed by atoms with Crippen molar-refractivity contribution in [2.75, 3.05) is 13.7 Å². The summed E-state index contributed by atoms with van der Waals surface area (Å²) in [5.74, 6) is 0.786. The fourth-order valence-electron chi connectivity index (χ4n) is 2.68. The third-order valence-electron chi connectivity index (χ3n) is 4.03. The molecule has 0 atom stereocenters. The molecule has 10 heteroatoms. The summed E-state index contributed by atoms with van der Waals surface area (Å²) in [6.45, 7) is 4.30. The smallest absolute Gasteiger partial charge is 0.277 e. The van der Waals surface area contributed by atoms with Gasteiger partial charge in [-0.15, -0.1) is 20.5 Å². The van der Waals surface area contributed by atoms with Gasteiger partial charge >= 0.3 is 0 Å². The van der Waals surface area contributed by atoms with Gasteiger partial charge in [0, 0.05) is 12.4 Å². The summed E-state index contributed by atoms with van der Waals surface area (Å²) in [6, 6.07) is 11.7. The number of aryl methyl sites for hydroxylation is 1. The van der Waals surface area contributed by atoms with Crippen molar-refractivity contribution in [3.8, 4) is 5.69 Å². The van der Waals surface area contributed by atoms with Crippen LogP contribution in [-0.4, -0.2) is 55.4 Å². The van der Waals surface area contributed by atoms with Crippen LogP contribution in [-0.2, 0) is 9.68 Å². The van der Waals surface area contributed by atoms with Gasteiger partial charge in [-0.05, 0) is 38.1 Å². The number of hydrogen-bond donors (Lipinski definition) is 0. The van der Waals surface area contributed by atoms with Crippen molar-refractivity contribution in [2.45, 2.75) is 13.8 Å². The van der Waals surface area contributed by atoms with Gasteiger partial charge in [0.05, 0.1) is 25.6 Å². The van der Waals surface area contributed by atoms with E-state index in [9.17, 15) is 0 Å². The summed E-state index contributed by atoms with van der Waals surface area (Å²) >= 11 is 0. The van der Waals surface area contributed by atoms with Gasteiger partial charge in [0.2, 0.25) is 5.84 Å². The van der Waals surface area contributed by atoms with Crippen LogP contribution < -0.4 is 0 Å². The zero-order valence-corrected chi connectivity index (χ0v) is 15.8. The predicted octanol–water partition coefficient (Wildman–Crippen LogP) is 1.99. The Balaban J connectivity index is 1.72. The van der Waals surface area contributed by atoms with Crippen molar-refractivity contribution in [1.29, 1.82) is 0 Å². The Labute approximate surface area is 161 Å². The second-order valence-corrected chi connectivity index (χ2v) is 5.94. The number of hydrogen-bond acceptors (Lipinski definition) is 8. The van der Waals surface area contributed by atoms with Gasteiger partial charge in [-0.2, -0.15) is 0 Å². The first-order valence-corrected chi connectivity index (χ1v) is 8.77. The minimum atomic E-state index is 0.359. The minimum Gasteiger partial charge on any atom is -0.290 e. The minimum absolute atomic E-state index is 0.359. The summed E-state index contributed by atoms with van der Waals surface area (Å²) in [5.41, 5.74) is 2.56. The second kappa shape index (κ2) is 7.62. The molecule has 4 rings (SSSR count). The summed E-state index contributed by atoms with van der Waals surface area (Å²) in [6.07, 6.45) is 5.44. The maximum absolute atomic E-state index is 5.74. The number of hydroxylamine groups is 2. The molecule has 0 bridgehead atoms. The van der Waals surface area contributed by atoms with Gasteiger partial charge in [0.25, 0.3) is 5.96 Å². The molecule has 0 unspecified atom stereocenters. The molecule has 10 nitrogen and oxygen atoms in total. The highest BCUT2D eigenvalue weighted by molar-refractivity contribution is 5.99. The highest BCUT2D eigenvalue weighted by Crippen LogP contribution is 2.17. The van der Waals surface area contributed by atoms with Crippen LogP contribution >= 0.6 is 0 Å². The van der Waals surface area contributed by atoms with E-state index < -0.39 is 0 Å². The molecule has 3 aromatic rings. The lowest BCUT2D eigenvalue weighted by Crippen LogP contribution is -2.53. The van der Waals surface area contributed by atoms with Gasteiger partial charge in [-0.25, -0.2) is 4.68 Å². The first-order chi connectivity index (χ1) is 13.7. The third kappa shape index (κ3) is 3.26. The number of hydrazine groups is 1. The molecule has 0 saturated heterocycles. The van der Waals surface area contributed by atoms with E-state index in [1.165, 1.54) is 23.0 Å². The summed E-state index contributed by atoms with van der Waals surface area (Å²) in [4.78, 5) is 11.2. The summed E-state index contributed by atoms with van der Waals surface area (Å²) in [7, 11) is 1.52. The van der Waals surface area contributed by atoms with E-state index in [1.54, 1.807) is 15.4 Å². The standard InChI is InChI=1S/C18H20N8O2/c1-4-28-25-17(20-21-18(26(25)27-3)23-11-5-6-12-23)16-13-24(22-19-16)15-9-7-14(2)8-10-15/h5-13H,4H2,1-3H3. The van der Waals surface area contributed by atoms with Crippen molar-refractivity contribution in [3.63, 3.8) is 0 Å². The Kier molecular flexibility index (Phi) is 4.87. The van der Waals surface area contributed by atoms with E-state index in [1.807, 2.05) is 62.6 Å². The van der Waals surface area contributed by atoms with Crippen LogP contribution in [0.25, 0.3) is 5.69 Å². The first-order valence-electron chi connectivity index (χ1n) is 8.77. The monoisotopic (exact) mass is 380 g/mol. The van der Waals surface area contributed by atoms with Crippen molar-refractivity contribution < 1.29 is 9.68 Å². The van der Waals surface area contributed by atoms with Crippen molar-refractivity contribution in [1.82, 2.24) is 29.9 Å². The molecule has 28 heavy (non-hydrogen) atoms. The fraction of sp³-hybridized carbons (Fsp3) is 0.222. The van der Waals surface area contributed by atoms with Gasteiger partial charge in [-0.3, -0.25) is 14.2 Å². The van der Waals surface area contributed by atoms with E-state index in [4.69, 9.17) is 9.68 Å². The Bertz CT molecular complexity index is 991. The predicted molar refractivity (Wildman–Crippen MR) is 102 cm³/mol. The second-order valence-electron chi connectivity index (χ2n) is 5.94. The maximum Gasteiger partial charge on any atom is 0.277 e. The average Bonchev–Trinajstić information content (AvgIpc) is 3.41. The van der Waals surface area contributed by atoms with Crippen LogP contribution in [0.4, 0.5) is 0 Å². The lowest BCUT2D eigenvalue weighted by Gasteiger charge is -2.35. The van der Waals surface area contributed by atoms with E-state index >= 15 is 0 Å². The van der Waals surface area contributed by atoms with Crippen molar-refractivity contribution in [3.05, 3.63) is 66.2 Å². The normalized spacial score (nSPS) is 14.2. The SMILES string of the molecule is CCON1C(c2cn(-c3ccc(C)cc3)nn2)=NN=C(n2cccc2)N1OC. The molecule has 1 aliphatic heterocycles. The molecule has 1 aliphatic rings. The molecule has 2 aromatic heterocycles. The third-order valence-corrected chi connectivity index (χ3v) is 4.03. The summed E-state index contributed by atoms with van der Waals surface area (Å²) in [5, 5.41) is 19.8. The highest BCUT2D eigenvalue weighted by atomic mass is 16.8. The van der Waals surface area contributed by atoms with Crippen LogP contribution in [0.2, 0.25) is 0 Å². The fourth-order valence-corrected chi connectivity index (χ4v) is 2.68. The molecule has 3 heterocycles. The molecule has 0 aliphatic carbocycles. The Morgan fingerprint density at radius 2 is 1.75 bits per heavy atom. The number of aromatic nitrogens is 4. The Morgan fingerprint density at radius 1 is 1.00 bits per heavy atom. The van der Waals surface area contributed by atoms with Crippen LogP contribution in [0.1, 0.15) is 18.2 Å². The zero-order valence-electron chi connectivity index (χ0n) is 15.8. The summed E-state index contributed by atoms with van der Waals surface area (Å²) < 4.78 is 3.43. The molecule has 144 valence electrons. The maximum atomic E-state index is 5.74. The highest BCUT2D eigenvalue weighted by Gasteiger charge is 2.32. The van der Waals surface area contributed by atoms with Crippen molar-refractivity contribution in [2.24, 2.45) is 10.2 Å². The van der Waals surface area contributed by atoms with E-state index in [0.717, 1.165) is 5.69 Å². The van der Waals surface area contributed by atoms with Crippen LogP contribution in [0.5, 0.6) is 0 Å². The quantitative estimate of drug-likeness (QED) is 0.673. The molecule has 0 radical (unpaired) electrons. The topological polar surface area (TPSA) is 85.3 Å². The lowest BCUT2D eigenvalue weighted by atomic mass is 10.2. The number of benzene rings is 1. The Morgan fingerprint density at radius 3 is 2.43 bits per heavy atom. The molecule has 0 N–H and O–H groups in total. The van der Waals surface area contributed by atoms with E-state index in [-0.39, 0.29) is 0 Å². The van der Waals surface area contributed by atoms with E-state index in [2.05, 4.69) is 20.5 Å². The lowest BCUT2D eigenvalue weighted by molar-refractivity contribution is -0.320. The molecule has 0 spiro atoms. The Hall–Kier alpha value is -3.50. The van der Waals surface area contributed by atoms with Crippen LogP contribution in [0.15, 0.2) is 65.2 Å². The number of amidine groups is 1.